The lowest BCUT2D eigenvalue weighted by Gasteiger charge is -2.23. The van der Waals surface area contributed by atoms with E-state index in [2.05, 4.69) is 4.98 Å². The average Bonchev–Trinajstić information content (AvgIpc) is 3.28. The van der Waals surface area contributed by atoms with Crippen molar-refractivity contribution in [3.8, 4) is 10.4 Å². The van der Waals surface area contributed by atoms with Gasteiger partial charge in [-0.15, -0.1) is 11.3 Å². The number of carbonyl (C=O) groups is 1. The number of hydrogen-bond donors (Lipinski definition) is 0. The minimum Gasteiger partial charge on any atom is -0.340 e. The third-order valence-electron chi connectivity index (χ3n) is 5.03. The summed E-state index contributed by atoms with van der Waals surface area (Å²) < 4.78 is 24.6. The molecule has 1 amide bonds. The molecular weight excluding hydrogens is 398 g/mol. The van der Waals surface area contributed by atoms with E-state index in [0.29, 0.717) is 16.6 Å². The standard InChI is InChI=1S/C19H19N3O4S2/c1-21(14-7-8-28(25,26)11-14)17(23)10-22-12-20-18-15(19(22)24)9-16(27-18)13-5-3-2-4-6-13/h2-6,9,12,14H,7-8,10-11H2,1H3/t14-/m0/s1. The van der Waals surface area contributed by atoms with Crippen LogP contribution in [0.4, 0.5) is 0 Å². The predicted octanol–water partition coefficient (Wildman–Crippen LogP) is 1.77. The van der Waals surface area contributed by atoms with Crippen molar-refractivity contribution in [3.63, 3.8) is 0 Å². The number of carbonyl (C=O) groups excluding carboxylic acids is 1. The van der Waals surface area contributed by atoms with Crippen molar-refractivity contribution in [2.75, 3.05) is 18.6 Å². The fourth-order valence-corrected chi connectivity index (χ4v) is 6.13. The van der Waals surface area contributed by atoms with Gasteiger partial charge in [-0.3, -0.25) is 14.2 Å². The van der Waals surface area contributed by atoms with Gasteiger partial charge in [0.05, 0.1) is 23.2 Å². The molecule has 3 heterocycles. The average molecular weight is 418 g/mol. The van der Waals surface area contributed by atoms with Crippen LogP contribution in [0.25, 0.3) is 20.7 Å². The molecule has 28 heavy (non-hydrogen) atoms. The van der Waals surface area contributed by atoms with E-state index in [1.165, 1.54) is 27.1 Å². The van der Waals surface area contributed by atoms with Crippen molar-refractivity contribution < 1.29 is 13.2 Å². The minimum absolute atomic E-state index is 0.0214. The molecule has 146 valence electrons. The van der Waals surface area contributed by atoms with Crippen molar-refractivity contribution in [2.24, 2.45) is 0 Å². The lowest BCUT2D eigenvalue weighted by atomic mass is 10.2. The molecule has 0 radical (unpaired) electrons. The lowest BCUT2D eigenvalue weighted by Crippen LogP contribution is -2.41. The highest BCUT2D eigenvalue weighted by molar-refractivity contribution is 7.91. The van der Waals surface area contributed by atoms with E-state index in [-0.39, 0.29) is 35.6 Å². The van der Waals surface area contributed by atoms with E-state index in [9.17, 15) is 18.0 Å². The van der Waals surface area contributed by atoms with E-state index < -0.39 is 9.84 Å². The van der Waals surface area contributed by atoms with Gasteiger partial charge in [-0.1, -0.05) is 30.3 Å². The quantitative estimate of drug-likeness (QED) is 0.645. The molecular formula is C19H19N3O4S2. The smallest absolute Gasteiger partial charge is 0.262 e. The van der Waals surface area contributed by atoms with Crippen molar-refractivity contribution in [2.45, 2.75) is 19.0 Å². The summed E-state index contributed by atoms with van der Waals surface area (Å²) in [5.74, 6) is -0.226. The van der Waals surface area contributed by atoms with Crippen LogP contribution in [0.3, 0.4) is 0 Å². The molecule has 0 aliphatic carbocycles. The lowest BCUT2D eigenvalue weighted by molar-refractivity contribution is -0.132. The topological polar surface area (TPSA) is 89.3 Å². The van der Waals surface area contributed by atoms with Crippen LogP contribution >= 0.6 is 11.3 Å². The zero-order valence-corrected chi connectivity index (χ0v) is 16.9. The molecule has 0 spiro atoms. The van der Waals surface area contributed by atoms with Crippen molar-refractivity contribution >= 4 is 37.3 Å². The summed E-state index contributed by atoms with van der Waals surface area (Å²) in [6.45, 7) is -0.161. The van der Waals surface area contributed by atoms with E-state index in [1.54, 1.807) is 13.1 Å². The summed E-state index contributed by atoms with van der Waals surface area (Å²) in [5, 5.41) is 0.477. The van der Waals surface area contributed by atoms with Crippen LogP contribution in [0.2, 0.25) is 0 Å². The largest absolute Gasteiger partial charge is 0.340 e. The Morgan fingerprint density at radius 2 is 2.07 bits per heavy atom. The molecule has 9 heteroatoms. The Balaban J connectivity index is 1.58. The van der Waals surface area contributed by atoms with Gasteiger partial charge in [-0.25, -0.2) is 13.4 Å². The van der Waals surface area contributed by atoms with Crippen molar-refractivity contribution in [3.05, 3.63) is 53.1 Å². The van der Waals surface area contributed by atoms with E-state index in [1.807, 2.05) is 30.3 Å². The Morgan fingerprint density at radius 1 is 1.32 bits per heavy atom. The maximum absolute atomic E-state index is 12.8. The van der Waals surface area contributed by atoms with Gasteiger partial charge in [0.2, 0.25) is 5.91 Å². The Labute approximate surface area is 166 Å². The van der Waals surface area contributed by atoms with Gasteiger partial charge >= 0.3 is 0 Å². The number of sulfone groups is 1. The van der Waals surface area contributed by atoms with Crippen LogP contribution < -0.4 is 5.56 Å². The van der Waals surface area contributed by atoms with Crippen LogP contribution in [0.5, 0.6) is 0 Å². The Morgan fingerprint density at radius 3 is 2.75 bits per heavy atom. The number of benzene rings is 1. The molecule has 1 aliphatic heterocycles. The zero-order chi connectivity index (χ0) is 19.9. The normalized spacial score (nSPS) is 18.4. The highest BCUT2D eigenvalue weighted by Crippen LogP contribution is 2.30. The summed E-state index contributed by atoms with van der Waals surface area (Å²) in [7, 11) is -1.49. The van der Waals surface area contributed by atoms with Crippen molar-refractivity contribution in [1.29, 1.82) is 0 Å². The molecule has 0 N–H and O–H groups in total. The number of hydrogen-bond acceptors (Lipinski definition) is 6. The van der Waals surface area contributed by atoms with Crippen LogP contribution in [0, 0.1) is 0 Å². The molecule has 1 aliphatic rings. The van der Waals surface area contributed by atoms with Gasteiger partial charge in [0, 0.05) is 18.0 Å². The third-order valence-corrected chi connectivity index (χ3v) is 7.87. The number of aromatic nitrogens is 2. The summed E-state index contributed by atoms with van der Waals surface area (Å²) >= 11 is 1.43. The number of amides is 1. The first-order valence-electron chi connectivity index (χ1n) is 8.84. The number of likely N-dealkylation sites (N-methyl/N-ethyl adjacent to an activating group) is 1. The molecule has 1 aromatic carbocycles. The van der Waals surface area contributed by atoms with Gasteiger partial charge in [0.1, 0.15) is 11.4 Å². The van der Waals surface area contributed by atoms with Crippen LogP contribution in [0.15, 0.2) is 47.5 Å². The predicted molar refractivity (Wildman–Crippen MR) is 109 cm³/mol. The van der Waals surface area contributed by atoms with Crippen molar-refractivity contribution in [1.82, 2.24) is 14.5 Å². The first-order valence-corrected chi connectivity index (χ1v) is 11.5. The number of thiophene rings is 1. The van der Waals surface area contributed by atoms with Gasteiger partial charge < -0.3 is 4.90 Å². The Bertz CT molecular complexity index is 1200. The van der Waals surface area contributed by atoms with Crippen LogP contribution in [0.1, 0.15) is 6.42 Å². The second kappa shape index (κ2) is 7.14. The summed E-state index contributed by atoms with van der Waals surface area (Å²) in [6, 6.07) is 11.2. The van der Waals surface area contributed by atoms with Crippen LogP contribution in [-0.2, 0) is 21.2 Å². The molecule has 0 unspecified atom stereocenters. The molecule has 0 bridgehead atoms. The zero-order valence-electron chi connectivity index (χ0n) is 15.2. The van der Waals surface area contributed by atoms with E-state index in [4.69, 9.17) is 0 Å². The monoisotopic (exact) mass is 417 g/mol. The molecule has 7 nitrogen and oxygen atoms in total. The summed E-state index contributed by atoms with van der Waals surface area (Å²) in [6.07, 6.45) is 1.81. The maximum atomic E-state index is 12.8. The van der Waals surface area contributed by atoms with Gasteiger partial charge in [0.25, 0.3) is 5.56 Å². The third kappa shape index (κ3) is 3.59. The maximum Gasteiger partial charge on any atom is 0.262 e. The molecule has 1 saturated heterocycles. The van der Waals surface area contributed by atoms with Gasteiger partial charge in [-0.2, -0.15) is 0 Å². The Kier molecular flexibility index (Phi) is 4.80. The fraction of sp³-hybridized carbons (Fsp3) is 0.316. The van der Waals surface area contributed by atoms with Gasteiger partial charge in [-0.05, 0) is 18.1 Å². The SMILES string of the molecule is CN(C(=O)Cn1cnc2sc(-c3ccccc3)cc2c1=O)[C@H]1CCS(=O)(=O)C1. The minimum atomic E-state index is -3.08. The number of rotatable bonds is 4. The molecule has 2 aromatic heterocycles. The number of nitrogens with zero attached hydrogens (tertiary/aromatic N) is 3. The Hall–Kier alpha value is -2.52. The molecule has 4 rings (SSSR count). The molecule has 1 fully saturated rings. The first kappa shape index (κ1) is 18.8. The molecule has 1 atom stereocenters. The number of fused-ring (bicyclic) bond motifs is 1. The van der Waals surface area contributed by atoms with E-state index in [0.717, 1.165) is 10.4 Å². The second-order valence-electron chi connectivity index (χ2n) is 6.93. The fourth-order valence-electron chi connectivity index (χ4n) is 3.36. The van der Waals surface area contributed by atoms with E-state index >= 15 is 0 Å². The first-order chi connectivity index (χ1) is 13.3. The molecule has 0 saturated carbocycles. The summed E-state index contributed by atoms with van der Waals surface area (Å²) in [5.41, 5.74) is 0.735. The second-order valence-corrected chi connectivity index (χ2v) is 10.2. The highest BCUT2D eigenvalue weighted by atomic mass is 32.2. The van der Waals surface area contributed by atoms with Crippen LogP contribution in [-0.4, -0.2) is 53.4 Å². The van der Waals surface area contributed by atoms with Gasteiger partial charge in [0.15, 0.2) is 9.84 Å². The molecule has 3 aromatic rings. The summed E-state index contributed by atoms with van der Waals surface area (Å²) in [4.78, 5) is 32.7. The highest BCUT2D eigenvalue weighted by Gasteiger charge is 2.32.